The molecule has 0 aromatic heterocycles. The molecule has 4 nitrogen and oxygen atoms in total. The van der Waals surface area contributed by atoms with Crippen molar-refractivity contribution in [3.63, 3.8) is 0 Å². The molecule has 0 unspecified atom stereocenters. The highest BCUT2D eigenvalue weighted by Crippen LogP contribution is 1.96. The number of carboxylic acids is 1. The van der Waals surface area contributed by atoms with Crippen molar-refractivity contribution in [1.29, 1.82) is 0 Å². The third kappa shape index (κ3) is 7.13. The zero-order chi connectivity index (χ0) is 11.5. The number of hydrogen-bond donors (Lipinski definition) is 1. The van der Waals surface area contributed by atoms with E-state index >= 15 is 0 Å². The maximum Gasteiger partial charge on any atom is 0.335 e. The molecule has 4 heteroatoms. The maximum absolute atomic E-state index is 10.2. The fraction of sp³-hybridized carbons (Fsp3) is 0.182. The van der Waals surface area contributed by atoms with Crippen LogP contribution in [0, 0.1) is 0 Å². The Bertz CT molecular complexity index is 298. The van der Waals surface area contributed by atoms with E-state index in [2.05, 4.69) is 0 Å². The number of aromatic carboxylic acids is 1. The van der Waals surface area contributed by atoms with E-state index < -0.39 is 5.97 Å². The van der Waals surface area contributed by atoms with Gasteiger partial charge in [-0.25, -0.2) is 4.79 Å². The van der Waals surface area contributed by atoms with Crippen molar-refractivity contribution in [2.24, 2.45) is 0 Å². The van der Waals surface area contributed by atoms with E-state index in [9.17, 15) is 14.4 Å². The normalized spacial score (nSPS) is 8.27. The monoisotopic (exact) mass is 206 g/mol. The zero-order valence-corrected chi connectivity index (χ0v) is 7.97. The summed E-state index contributed by atoms with van der Waals surface area (Å²) in [5.74, 6) is -0.879. The van der Waals surface area contributed by atoms with Gasteiger partial charge in [0.2, 0.25) is 0 Å². The lowest BCUT2D eigenvalue weighted by Crippen LogP contribution is -1.93. The van der Waals surface area contributed by atoms with E-state index in [0.29, 0.717) is 5.56 Å². The molecule has 15 heavy (non-hydrogen) atoms. The van der Waals surface area contributed by atoms with Gasteiger partial charge in [-0.2, -0.15) is 0 Å². The summed E-state index contributed by atoms with van der Waals surface area (Å²) < 4.78 is 0. The topological polar surface area (TPSA) is 71.4 Å². The third-order valence-corrected chi connectivity index (χ3v) is 1.35. The van der Waals surface area contributed by atoms with Crippen molar-refractivity contribution in [2.75, 3.05) is 0 Å². The SMILES string of the molecule is O=C(O)c1ccccc1.O=[C]CC[C]=O. The number of hydrogen-bond acceptors (Lipinski definition) is 3. The Hall–Kier alpha value is -1.97. The Morgan fingerprint density at radius 1 is 1.07 bits per heavy atom. The van der Waals surface area contributed by atoms with Gasteiger partial charge in [-0.1, -0.05) is 18.2 Å². The van der Waals surface area contributed by atoms with Gasteiger partial charge in [0.1, 0.15) is 0 Å². The minimum Gasteiger partial charge on any atom is -0.478 e. The first kappa shape index (κ1) is 13.0. The van der Waals surface area contributed by atoms with Crippen LogP contribution in [-0.4, -0.2) is 23.6 Å². The van der Waals surface area contributed by atoms with E-state index in [-0.39, 0.29) is 12.8 Å². The number of carboxylic acid groups (broad SMARTS) is 1. The molecule has 78 valence electrons. The first-order chi connectivity index (χ1) is 7.22. The fourth-order valence-corrected chi connectivity index (χ4v) is 0.683. The molecule has 1 aromatic carbocycles. The Labute approximate surface area is 87.5 Å². The number of benzene rings is 1. The summed E-state index contributed by atoms with van der Waals surface area (Å²) >= 11 is 0. The molecule has 0 saturated carbocycles. The van der Waals surface area contributed by atoms with Crippen LogP contribution in [0.5, 0.6) is 0 Å². The molecular weight excluding hydrogens is 196 g/mol. The van der Waals surface area contributed by atoms with Gasteiger partial charge in [-0.3, -0.25) is 9.59 Å². The molecule has 1 N–H and O–H groups in total. The van der Waals surface area contributed by atoms with Crippen LogP contribution in [0.1, 0.15) is 23.2 Å². The summed E-state index contributed by atoms with van der Waals surface area (Å²) in [4.78, 5) is 28.7. The summed E-state index contributed by atoms with van der Waals surface area (Å²) in [5, 5.41) is 8.38. The van der Waals surface area contributed by atoms with E-state index in [1.807, 2.05) is 0 Å². The summed E-state index contributed by atoms with van der Waals surface area (Å²) in [7, 11) is 0. The highest BCUT2D eigenvalue weighted by molar-refractivity contribution is 5.87. The summed E-state index contributed by atoms with van der Waals surface area (Å²) in [5.41, 5.74) is 0.331. The molecule has 0 aliphatic rings. The van der Waals surface area contributed by atoms with Crippen molar-refractivity contribution in [1.82, 2.24) is 0 Å². The van der Waals surface area contributed by atoms with Gasteiger partial charge in [-0.15, -0.1) is 0 Å². The van der Waals surface area contributed by atoms with Crippen LogP contribution >= 0.6 is 0 Å². The predicted molar refractivity (Wildman–Crippen MR) is 54.0 cm³/mol. The molecule has 1 aromatic rings. The lowest BCUT2D eigenvalue weighted by atomic mass is 10.2. The standard InChI is InChI=1S/C7H6O2.C4H4O2/c8-7(9)6-4-2-1-3-5-6;5-3-1-2-4-6/h1-5H,(H,8,9);1-2H2. The number of rotatable bonds is 4. The van der Waals surface area contributed by atoms with E-state index in [0.717, 1.165) is 0 Å². The van der Waals surface area contributed by atoms with Crippen molar-refractivity contribution in [3.05, 3.63) is 35.9 Å². The summed E-state index contributed by atoms with van der Waals surface area (Å²) in [6.45, 7) is 0. The quantitative estimate of drug-likeness (QED) is 0.755. The van der Waals surface area contributed by atoms with E-state index in [4.69, 9.17) is 5.11 Å². The number of carbonyl (C=O) groups is 1. The van der Waals surface area contributed by atoms with Gasteiger partial charge in [0, 0.05) is 12.8 Å². The Kier molecular flexibility index (Phi) is 7.49. The largest absolute Gasteiger partial charge is 0.478 e. The van der Waals surface area contributed by atoms with Crippen LogP contribution in [0.3, 0.4) is 0 Å². The van der Waals surface area contributed by atoms with Gasteiger partial charge in [0.25, 0.3) is 0 Å². The number of unbranched alkanes of at least 4 members (excludes halogenated alkanes) is 1. The smallest absolute Gasteiger partial charge is 0.335 e. The molecule has 0 bridgehead atoms. The number of carbonyl (C=O) groups excluding carboxylic acids is 2. The van der Waals surface area contributed by atoms with Crippen LogP contribution in [0.2, 0.25) is 0 Å². The van der Waals surface area contributed by atoms with Crippen LogP contribution in [0.15, 0.2) is 30.3 Å². The minimum absolute atomic E-state index is 0.184. The van der Waals surface area contributed by atoms with Gasteiger partial charge < -0.3 is 5.11 Å². The van der Waals surface area contributed by atoms with Crippen molar-refractivity contribution in [3.8, 4) is 0 Å². The molecule has 0 aliphatic heterocycles. The lowest BCUT2D eigenvalue weighted by Gasteiger charge is -1.88. The average Bonchev–Trinajstić information content (AvgIpc) is 2.28. The Balaban J connectivity index is 0.000000288. The molecule has 2 radical (unpaired) electrons. The lowest BCUT2D eigenvalue weighted by molar-refractivity contribution is 0.0697. The zero-order valence-electron chi connectivity index (χ0n) is 7.97. The van der Waals surface area contributed by atoms with Crippen molar-refractivity contribution in [2.45, 2.75) is 12.8 Å². The fourth-order valence-electron chi connectivity index (χ4n) is 0.683. The predicted octanol–water partition coefficient (Wildman–Crippen LogP) is 1.37. The highest BCUT2D eigenvalue weighted by atomic mass is 16.4. The van der Waals surface area contributed by atoms with Crippen molar-refractivity contribution < 1.29 is 19.5 Å². The first-order valence-corrected chi connectivity index (χ1v) is 4.20. The molecule has 0 aliphatic carbocycles. The van der Waals surface area contributed by atoms with Crippen LogP contribution in [0.25, 0.3) is 0 Å². The van der Waals surface area contributed by atoms with Crippen molar-refractivity contribution >= 4 is 18.5 Å². The molecule has 0 amide bonds. The molecule has 0 fully saturated rings. The van der Waals surface area contributed by atoms with Gasteiger partial charge in [0.05, 0.1) is 5.56 Å². The van der Waals surface area contributed by atoms with E-state index in [1.165, 1.54) is 0 Å². The second-order valence-electron chi connectivity index (χ2n) is 2.46. The van der Waals surface area contributed by atoms with Gasteiger partial charge in [0.15, 0.2) is 12.6 Å². The highest BCUT2D eigenvalue weighted by Gasteiger charge is 1.96. The van der Waals surface area contributed by atoms with Gasteiger partial charge >= 0.3 is 5.97 Å². The molecule has 1 rings (SSSR count). The maximum atomic E-state index is 10.2. The molecule has 0 spiro atoms. The van der Waals surface area contributed by atoms with Crippen LogP contribution < -0.4 is 0 Å². The minimum atomic E-state index is -0.879. The summed E-state index contributed by atoms with van der Waals surface area (Å²) in [6.07, 6.45) is 3.48. The second kappa shape index (κ2) is 8.62. The molecule has 0 atom stereocenters. The van der Waals surface area contributed by atoms with Crippen LogP contribution in [0.4, 0.5) is 0 Å². The molecular formula is C11H10O4. The van der Waals surface area contributed by atoms with Crippen LogP contribution in [-0.2, 0) is 9.59 Å². The molecule has 0 heterocycles. The molecule has 0 saturated heterocycles. The second-order valence-corrected chi connectivity index (χ2v) is 2.46. The Morgan fingerprint density at radius 3 is 1.80 bits per heavy atom. The van der Waals surface area contributed by atoms with Gasteiger partial charge in [-0.05, 0) is 12.1 Å². The summed E-state index contributed by atoms with van der Waals surface area (Å²) in [6, 6.07) is 8.30. The van der Waals surface area contributed by atoms with E-state index in [1.54, 1.807) is 42.9 Å². The average molecular weight is 206 g/mol. The third-order valence-electron chi connectivity index (χ3n) is 1.35. The first-order valence-electron chi connectivity index (χ1n) is 4.20. The Morgan fingerprint density at radius 2 is 1.53 bits per heavy atom.